The molecule has 7 nitrogen and oxygen atoms in total. The molecule has 9 heteroatoms. The molecule has 0 aromatic heterocycles. The number of esters is 1. The zero-order valence-electron chi connectivity index (χ0n) is 17.5. The van der Waals surface area contributed by atoms with Gasteiger partial charge in [-0.2, -0.15) is 0 Å². The molecular formula is C20H31ClIN3O4. The third-order valence-corrected chi connectivity index (χ3v) is 4.86. The number of rotatable bonds is 7. The van der Waals surface area contributed by atoms with E-state index in [1.807, 2.05) is 26.0 Å². The molecule has 0 radical (unpaired) electrons. The molecule has 1 unspecified atom stereocenters. The largest absolute Gasteiger partial charge is 0.493 e. The molecule has 1 aliphatic rings. The van der Waals surface area contributed by atoms with Crippen LogP contribution in [0.2, 0.25) is 5.02 Å². The van der Waals surface area contributed by atoms with E-state index in [9.17, 15) is 4.79 Å². The first-order valence-electron chi connectivity index (χ1n) is 9.65. The number of carbonyl (C=O) groups excluding carboxylic acids is 1. The first-order chi connectivity index (χ1) is 13.5. The van der Waals surface area contributed by atoms with Crippen LogP contribution in [0.25, 0.3) is 0 Å². The first-order valence-corrected chi connectivity index (χ1v) is 10.0. The van der Waals surface area contributed by atoms with Gasteiger partial charge >= 0.3 is 5.97 Å². The van der Waals surface area contributed by atoms with Gasteiger partial charge in [0.1, 0.15) is 0 Å². The van der Waals surface area contributed by atoms with Crippen LogP contribution in [-0.4, -0.2) is 57.3 Å². The third kappa shape index (κ3) is 7.09. The summed E-state index contributed by atoms with van der Waals surface area (Å²) in [5, 5.41) is 3.85. The van der Waals surface area contributed by atoms with E-state index in [0.29, 0.717) is 42.8 Å². The highest BCUT2D eigenvalue weighted by molar-refractivity contribution is 14.0. The molecular weight excluding hydrogens is 509 g/mol. The topological polar surface area (TPSA) is 72.4 Å². The summed E-state index contributed by atoms with van der Waals surface area (Å²) in [6.45, 7) is 6.62. The van der Waals surface area contributed by atoms with Crippen LogP contribution in [0, 0.1) is 5.92 Å². The number of methoxy groups -OCH3 is 1. The molecule has 1 fully saturated rings. The van der Waals surface area contributed by atoms with Gasteiger partial charge < -0.3 is 24.4 Å². The fraction of sp³-hybridized carbons (Fsp3) is 0.600. The standard InChI is InChI=1S/C20H30ClN3O4.HI/c1-5-27-18-16(21)10-14(11-17(18)26-4)12-23-20(22-3)24-9-7-8-15(13-24)19(25)28-6-2;/h10-11,15H,5-9,12-13H2,1-4H3,(H,22,23);1H. The van der Waals surface area contributed by atoms with Gasteiger partial charge in [-0.25, -0.2) is 0 Å². The van der Waals surface area contributed by atoms with Crippen LogP contribution >= 0.6 is 35.6 Å². The van der Waals surface area contributed by atoms with Gasteiger partial charge in [-0.05, 0) is 44.4 Å². The molecule has 0 spiro atoms. The van der Waals surface area contributed by atoms with Crippen molar-refractivity contribution in [2.45, 2.75) is 33.2 Å². The SMILES string of the molecule is CCOC(=O)C1CCCN(C(=NC)NCc2cc(Cl)c(OCC)c(OC)c2)C1.I. The smallest absolute Gasteiger partial charge is 0.310 e. The molecule has 1 N–H and O–H groups in total. The summed E-state index contributed by atoms with van der Waals surface area (Å²) in [4.78, 5) is 18.5. The van der Waals surface area contributed by atoms with E-state index < -0.39 is 0 Å². The van der Waals surface area contributed by atoms with Gasteiger partial charge in [0, 0.05) is 26.7 Å². The van der Waals surface area contributed by atoms with Crippen molar-refractivity contribution >= 4 is 47.5 Å². The molecule has 0 saturated carbocycles. The molecule has 1 aromatic rings. The number of nitrogens with one attached hydrogen (secondary N) is 1. The zero-order chi connectivity index (χ0) is 20.5. The second-order valence-electron chi connectivity index (χ2n) is 6.48. The van der Waals surface area contributed by atoms with Gasteiger partial charge in [0.2, 0.25) is 0 Å². The van der Waals surface area contributed by atoms with E-state index in [1.54, 1.807) is 14.2 Å². The second kappa shape index (κ2) is 13.0. The molecule has 0 aliphatic carbocycles. The Labute approximate surface area is 195 Å². The predicted octanol–water partition coefficient (Wildman–Crippen LogP) is 3.72. The molecule has 1 aliphatic heterocycles. The summed E-state index contributed by atoms with van der Waals surface area (Å²) < 4.78 is 16.1. The fourth-order valence-electron chi connectivity index (χ4n) is 3.30. The van der Waals surface area contributed by atoms with Crippen molar-refractivity contribution in [2.24, 2.45) is 10.9 Å². The van der Waals surface area contributed by atoms with Crippen molar-refractivity contribution in [1.29, 1.82) is 0 Å². The average Bonchev–Trinajstić information content (AvgIpc) is 2.70. The average molecular weight is 540 g/mol. The summed E-state index contributed by atoms with van der Waals surface area (Å²) in [6.07, 6.45) is 1.77. The van der Waals surface area contributed by atoms with Gasteiger partial charge in [0.15, 0.2) is 17.5 Å². The predicted molar refractivity (Wildman–Crippen MR) is 126 cm³/mol. The van der Waals surface area contributed by atoms with Crippen LogP contribution in [0.15, 0.2) is 17.1 Å². The molecule has 0 amide bonds. The maximum absolute atomic E-state index is 12.1. The van der Waals surface area contributed by atoms with Crippen LogP contribution in [0.1, 0.15) is 32.3 Å². The van der Waals surface area contributed by atoms with Crippen molar-refractivity contribution in [2.75, 3.05) is 40.5 Å². The van der Waals surface area contributed by atoms with Gasteiger partial charge in [-0.3, -0.25) is 9.79 Å². The van der Waals surface area contributed by atoms with Gasteiger partial charge in [0.05, 0.1) is 31.3 Å². The van der Waals surface area contributed by atoms with Crippen molar-refractivity contribution in [3.8, 4) is 11.5 Å². The number of nitrogens with zero attached hydrogens (tertiary/aromatic N) is 2. The lowest BCUT2D eigenvalue weighted by atomic mass is 9.98. The second-order valence-corrected chi connectivity index (χ2v) is 6.89. The third-order valence-electron chi connectivity index (χ3n) is 4.58. The Kier molecular flexibility index (Phi) is 11.5. The number of hydrogen-bond acceptors (Lipinski definition) is 5. The summed E-state index contributed by atoms with van der Waals surface area (Å²) >= 11 is 6.35. The Morgan fingerprint density at radius 2 is 2.10 bits per heavy atom. The highest BCUT2D eigenvalue weighted by Crippen LogP contribution is 2.36. The van der Waals surface area contributed by atoms with Gasteiger partial charge in [-0.15, -0.1) is 24.0 Å². The van der Waals surface area contributed by atoms with Crippen LogP contribution in [0.3, 0.4) is 0 Å². The number of ether oxygens (including phenoxy) is 3. The number of aliphatic imine (C=N–C) groups is 1. The van der Waals surface area contributed by atoms with Crippen molar-refractivity contribution in [3.05, 3.63) is 22.7 Å². The minimum Gasteiger partial charge on any atom is -0.493 e. The number of guanidine groups is 1. The monoisotopic (exact) mass is 539 g/mol. The quantitative estimate of drug-likeness (QED) is 0.247. The Balaban J connectivity index is 0.00000420. The molecule has 1 heterocycles. The number of piperidine rings is 1. The van der Waals surface area contributed by atoms with Crippen LogP contribution in [-0.2, 0) is 16.1 Å². The number of likely N-dealkylation sites (tertiary alicyclic amines) is 1. The van der Waals surface area contributed by atoms with Gasteiger partial charge in [0.25, 0.3) is 0 Å². The lowest BCUT2D eigenvalue weighted by Crippen LogP contribution is -2.48. The highest BCUT2D eigenvalue weighted by atomic mass is 127. The minimum atomic E-state index is -0.134. The van der Waals surface area contributed by atoms with E-state index in [0.717, 1.165) is 30.9 Å². The number of carbonyl (C=O) groups is 1. The van der Waals surface area contributed by atoms with E-state index >= 15 is 0 Å². The first kappa shape index (κ1) is 25.6. The molecule has 2 rings (SSSR count). The normalized spacial score (nSPS) is 16.7. The molecule has 164 valence electrons. The summed E-state index contributed by atoms with van der Waals surface area (Å²) in [6, 6.07) is 3.75. The summed E-state index contributed by atoms with van der Waals surface area (Å²) in [7, 11) is 3.33. The molecule has 1 saturated heterocycles. The summed E-state index contributed by atoms with van der Waals surface area (Å²) in [5.41, 5.74) is 0.949. The van der Waals surface area contributed by atoms with E-state index in [1.165, 1.54) is 0 Å². The van der Waals surface area contributed by atoms with Gasteiger partial charge in [-0.1, -0.05) is 11.6 Å². The van der Waals surface area contributed by atoms with Crippen molar-refractivity contribution in [3.63, 3.8) is 0 Å². The number of benzene rings is 1. The highest BCUT2D eigenvalue weighted by Gasteiger charge is 2.28. The van der Waals surface area contributed by atoms with Crippen LogP contribution in [0.5, 0.6) is 11.5 Å². The molecule has 1 aromatic carbocycles. The van der Waals surface area contributed by atoms with E-state index in [-0.39, 0.29) is 35.9 Å². The number of hydrogen-bond donors (Lipinski definition) is 1. The minimum absolute atomic E-state index is 0. The van der Waals surface area contributed by atoms with Crippen molar-refractivity contribution < 1.29 is 19.0 Å². The van der Waals surface area contributed by atoms with E-state index in [2.05, 4.69) is 15.2 Å². The Morgan fingerprint density at radius 3 is 2.72 bits per heavy atom. The van der Waals surface area contributed by atoms with E-state index in [4.69, 9.17) is 25.8 Å². The maximum Gasteiger partial charge on any atom is 0.310 e. The fourth-order valence-corrected chi connectivity index (χ4v) is 3.58. The lowest BCUT2D eigenvalue weighted by molar-refractivity contribution is -0.149. The number of halogens is 2. The van der Waals surface area contributed by atoms with Crippen LogP contribution < -0.4 is 14.8 Å². The van der Waals surface area contributed by atoms with Crippen LogP contribution in [0.4, 0.5) is 0 Å². The zero-order valence-corrected chi connectivity index (χ0v) is 20.6. The Bertz CT molecular complexity index is 703. The molecule has 1 atom stereocenters. The summed E-state index contributed by atoms with van der Waals surface area (Å²) in [5.74, 6) is 1.64. The Morgan fingerprint density at radius 1 is 1.34 bits per heavy atom. The maximum atomic E-state index is 12.1. The molecule has 29 heavy (non-hydrogen) atoms. The molecule has 0 bridgehead atoms. The van der Waals surface area contributed by atoms with Crippen molar-refractivity contribution in [1.82, 2.24) is 10.2 Å². The lowest BCUT2D eigenvalue weighted by Gasteiger charge is -2.34. The Hall–Kier alpha value is -1.42.